The Morgan fingerprint density at radius 3 is 2.07 bits per heavy atom. The molecule has 234 valence electrons. The van der Waals surface area contributed by atoms with E-state index < -0.39 is 53.2 Å². The maximum absolute atomic E-state index is 14.2. The van der Waals surface area contributed by atoms with Crippen LogP contribution < -0.4 is 10.6 Å². The van der Waals surface area contributed by atoms with Gasteiger partial charge in [-0.25, -0.2) is 9.59 Å². The summed E-state index contributed by atoms with van der Waals surface area (Å²) in [6, 6.07) is 11.6. The van der Waals surface area contributed by atoms with E-state index in [1.54, 1.807) is 53.7 Å². The number of amides is 3. The van der Waals surface area contributed by atoms with E-state index in [9.17, 15) is 24.3 Å². The Kier molecular flexibility index (Phi) is 11.1. The van der Waals surface area contributed by atoms with Crippen LogP contribution in [0, 0.1) is 0 Å². The quantitative estimate of drug-likeness (QED) is 0.219. The number of alkyl carbamates (subject to hydrolysis) is 1. The van der Waals surface area contributed by atoms with Gasteiger partial charge in [-0.2, -0.15) is 12.6 Å². The molecule has 3 N–H and O–H groups in total. The van der Waals surface area contributed by atoms with Crippen molar-refractivity contribution in [1.29, 1.82) is 0 Å². The summed E-state index contributed by atoms with van der Waals surface area (Å²) >= 11 is 4.31. The Bertz CT molecular complexity index is 1290. The molecular formula is C32H43N3O7S. The van der Waals surface area contributed by atoms with Crippen LogP contribution >= 0.6 is 12.6 Å². The average molecular weight is 614 g/mol. The molecule has 3 amide bonds. The molecule has 3 unspecified atom stereocenters. The van der Waals surface area contributed by atoms with Crippen molar-refractivity contribution < 1.29 is 33.8 Å². The van der Waals surface area contributed by atoms with Crippen LogP contribution in [0.1, 0.15) is 71.6 Å². The van der Waals surface area contributed by atoms with Gasteiger partial charge in [-0.05, 0) is 77.6 Å². The fraction of sp³-hybridized carbons (Fsp3) is 0.500. The first-order valence-electron chi connectivity index (χ1n) is 14.4. The molecule has 43 heavy (non-hydrogen) atoms. The van der Waals surface area contributed by atoms with Gasteiger partial charge in [0.2, 0.25) is 11.8 Å². The first kappa shape index (κ1) is 33.8. The van der Waals surface area contributed by atoms with Gasteiger partial charge in [0.05, 0.1) is 0 Å². The summed E-state index contributed by atoms with van der Waals surface area (Å²) < 4.78 is 11.0. The van der Waals surface area contributed by atoms with Crippen molar-refractivity contribution in [3.63, 3.8) is 0 Å². The topological polar surface area (TPSA) is 134 Å². The van der Waals surface area contributed by atoms with Gasteiger partial charge in [0.15, 0.2) is 0 Å². The highest BCUT2D eigenvalue weighted by molar-refractivity contribution is 7.80. The van der Waals surface area contributed by atoms with Gasteiger partial charge < -0.3 is 30.1 Å². The second-order valence-corrected chi connectivity index (χ2v) is 13.0. The third-order valence-electron chi connectivity index (χ3n) is 6.37. The molecule has 3 rings (SSSR count). The monoisotopic (exact) mass is 613 g/mol. The number of esters is 1. The molecule has 2 aromatic carbocycles. The van der Waals surface area contributed by atoms with E-state index in [4.69, 9.17) is 9.47 Å². The number of hydrogen-bond acceptors (Lipinski definition) is 8. The SMILES string of the molecule is CC(C)(C)OC(=O)NC(CS)C(=O)N(C1CC1)C(C(=O)NC(Cc1ccccc1)C(=O)OC(C)(C)C)c1cccc(O)c1. The van der Waals surface area contributed by atoms with Gasteiger partial charge in [-0.3, -0.25) is 9.59 Å². The number of carbonyl (C=O) groups is 4. The third kappa shape index (κ3) is 10.5. The van der Waals surface area contributed by atoms with Crippen molar-refractivity contribution in [1.82, 2.24) is 15.5 Å². The molecule has 1 aliphatic rings. The van der Waals surface area contributed by atoms with Crippen LogP contribution in [0.5, 0.6) is 5.75 Å². The standard InChI is InChI=1S/C32H43N3O7S/c1-31(2,3)41-29(39)24(17-20-11-8-7-9-12-20)33-27(37)26(21-13-10-14-23(36)18-21)35(22-15-16-22)28(38)25(19-43)34-30(40)42-32(4,5)6/h7-14,18,22,24-26,36,43H,15-17,19H2,1-6H3,(H,33,37)(H,34,40). The second kappa shape index (κ2) is 14.2. The van der Waals surface area contributed by atoms with Gasteiger partial charge in [-0.1, -0.05) is 42.5 Å². The Morgan fingerprint density at radius 2 is 1.53 bits per heavy atom. The zero-order valence-electron chi connectivity index (χ0n) is 25.6. The Labute approximate surface area is 258 Å². The average Bonchev–Trinajstić information content (AvgIpc) is 3.73. The summed E-state index contributed by atoms with van der Waals surface area (Å²) in [6.45, 7) is 10.3. The number of phenols is 1. The highest BCUT2D eigenvalue weighted by Gasteiger charge is 2.44. The second-order valence-electron chi connectivity index (χ2n) is 12.6. The summed E-state index contributed by atoms with van der Waals surface area (Å²) in [6.07, 6.45) is 0.645. The predicted molar refractivity (Wildman–Crippen MR) is 166 cm³/mol. The van der Waals surface area contributed by atoms with Crippen LogP contribution in [0.15, 0.2) is 54.6 Å². The van der Waals surface area contributed by atoms with Gasteiger partial charge in [0.25, 0.3) is 0 Å². The van der Waals surface area contributed by atoms with Gasteiger partial charge in [-0.15, -0.1) is 0 Å². The number of nitrogens with one attached hydrogen (secondary N) is 2. The minimum Gasteiger partial charge on any atom is -0.508 e. The van der Waals surface area contributed by atoms with Gasteiger partial charge >= 0.3 is 12.1 Å². The van der Waals surface area contributed by atoms with E-state index in [1.807, 2.05) is 30.3 Å². The van der Waals surface area contributed by atoms with Crippen LogP contribution in [0.25, 0.3) is 0 Å². The molecule has 1 saturated carbocycles. The molecule has 11 heteroatoms. The number of carbonyl (C=O) groups excluding carboxylic acids is 4. The van der Waals surface area contributed by atoms with Gasteiger partial charge in [0, 0.05) is 18.2 Å². The van der Waals surface area contributed by atoms with E-state index in [1.165, 1.54) is 17.0 Å². The van der Waals surface area contributed by atoms with E-state index in [2.05, 4.69) is 23.3 Å². The first-order valence-corrected chi connectivity index (χ1v) is 15.0. The van der Waals surface area contributed by atoms with Crippen molar-refractivity contribution >= 4 is 36.5 Å². The molecule has 3 atom stereocenters. The van der Waals surface area contributed by atoms with Crippen LogP contribution in [0.2, 0.25) is 0 Å². The van der Waals surface area contributed by atoms with Crippen LogP contribution in [0.4, 0.5) is 4.79 Å². The number of hydrogen-bond donors (Lipinski definition) is 4. The lowest BCUT2D eigenvalue weighted by atomic mass is 10.0. The third-order valence-corrected chi connectivity index (χ3v) is 6.73. The number of rotatable bonds is 11. The summed E-state index contributed by atoms with van der Waals surface area (Å²) in [5.74, 6) is -1.94. The number of nitrogens with zero attached hydrogens (tertiary/aromatic N) is 1. The Morgan fingerprint density at radius 1 is 0.907 bits per heavy atom. The zero-order valence-corrected chi connectivity index (χ0v) is 26.5. The number of benzene rings is 2. The summed E-state index contributed by atoms with van der Waals surface area (Å²) in [4.78, 5) is 55.5. The van der Waals surface area contributed by atoms with Crippen molar-refractivity contribution in [2.75, 3.05) is 5.75 Å². The molecule has 0 heterocycles. The lowest BCUT2D eigenvalue weighted by Gasteiger charge is -2.35. The van der Waals surface area contributed by atoms with Crippen molar-refractivity contribution in [2.24, 2.45) is 0 Å². The molecular weight excluding hydrogens is 570 g/mol. The maximum atomic E-state index is 14.2. The minimum atomic E-state index is -1.23. The maximum Gasteiger partial charge on any atom is 0.408 e. The van der Waals surface area contributed by atoms with Crippen molar-refractivity contribution in [3.8, 4) is 5.75 Å². The number of thiol groups is 1. The molecule has 0 radical (unpaired) electrons. The highest BCUT2D eigenvalue weighted by atomic mass is 32.1. The summed E-state index contributed by atoms with van der Waals surface area (Å²) in [7, 11) is 0. The molecule has 1 fully saturated rings. The molecule has 0 spiro atoms. The fourth-order valence-corrected chi connectivity index (χ4v) is 4.73. The number of ether oxygens (including phenoxy) is 2. The Hall–Kier alpha value is -3.73. The normalized spacial score (nSPS) is 15.4. The molecule has 2 aromatic rings. The highest BCUT2D eigenvalue weighted by Crippen LogP contribution is 2.36. The van der Waals surface area contributed by atoms with Crippen molar-refractivity contribution in [3.05, 3.63) is 65.7 Å². The van der Waals surface area contributed by atoms with E-state index in [0.717, 1.165) is 5.56 Å². The molecule has 0 bridgehead atoms. The fourth-order valence-electron chi connectivity index (χ4n) is 4.49. The minimum absolute atomic E-state index is 0.0514. The molecule has 10 nitrogen and oxygen atoms in total. The first-order chi connectivity index (χ1) is 20.1. The van der Waals surface area contributed by atoms with E-state index >= 15 is 0 Å². The summed E-state index contributed by atoms with van der Waals surface area (Å²) in [5, 5.41) is 15.7. The lowest BCUT2D eigenvalue weighted by molar-refractivity contribution is -0.159. The summed E-state index contributed by atoms with van der Waals surface area (Å²) in [5.41, 5.74) is -0.441. The van der Waals surface area contributed by atoms with Gasteiger partial charge in [0.1, 0.15) is 35.1 Å². The predicted octanol–water partition coefficient (Wildman–Crippen LogP) is 4.32. The number of phenolic OH excluding ortho intramolecular Hbond substituents is 1. The molecule has 0 aliphatic heterocycles. The number of aromatic hydroxyl groups is 1. The molecule has 0 aromatic heterocycles. The van der Waals surface area contributed by atoms with E-state index in [0.29, 0.717) is 18.4 Å². The zero-order chi connectivity index (χ0) is 31.9. The largest absolute Gasteiger partial charge is 0.508 e. The van der Waals surface area contributed by atoms with Crippen LogP contribution in [-0.4, -0.2) is 69.0 Å². The van der Waals surface area contributed by atoms with Crippen LogP contribution in [-0.2, 0) is 30.3 Å². The van der Waals surface area contributed by atoms with E-state index in [-0.39, 0.29) is 24.0 Å². The lowest BCUT2D eigenvalue weighted by Crippen LogP contribution is -2.56. The Balaban J connectivity index is 1.99. The smallest absolute Gasteiger partial charge is 0.408 e. The molecule has 0 saturated heterocycles. The van der Waals surface area contributed by atoms with Crippen molar-refractivity contribution in [2.45, 2.75) is 96.2 Å². The molecule has 1 aliphatic carbocycles. The van der Waals surface area contributed by atoms with Crippen LogP contribution in [0.3, 0.4) is 0 Å².